The fraction of sp³-hybridized carbons (Fsp3) is 0.615. The van der Waals surface area contributed by atoms with Gasteiger partial charge in [0, 0.05) is 13.1 Å². The van der Waals surface area contributed by atoms with Crippen molar-refractivity contribution >= 4 is 23.2 Å². The topological polar surface area (TPSA) is 70.5 Å². The van der Waals surface area contributed by atoms with Crippen molar-refractivity contribution in [2.45, 2.75) is 26.2 Å². The lowest BCUT2D eigenvalue weighted by Gasteiger charge is -2.23. The molecule has 1 aliphatic carbocycles. The highest BCUT2D eigenvalue weighted by atomic mass is 32.1. The Morgan fingerprint density at radius 2 is 2.37 bits per heavy atom. The molecule has 1 amide bonds. The number of aliphatic carboxylic acids is 1. The Balaban J connectivity index is 1.85. The molecule has 1 aromatic heterocycles. The molecule has 1 N–H and O–H groups in total. The summed E-state index contributed by atoms with van der Waals surface area (Å²) >= 11 is 1.33. The van der Waals surface area contributed by atoms with Crippen LogP contribution in [0.25, 0.3) is 0 Å². The number of carbonyl (C=O) groups is 2. The Labute approximate surface area is 115 Å². The summed E-state index contributed by atoms with van der Waals surface area (Å²) in [6, 6.07) is 0. The molecule has 2 fully saturated rings. The molecule has 3 rings (SSSR count). The minimum absolute atomic E-state index is 0.0602. The van der Waals surface area contributed by atoms with Gasteiger partial charge in [-0.2, -0.15) is 0 Å². The first-order chi connectivity index (χ1) is 9.04. The van der Waals surface area contributed by atoms with Gasteiger partial charge >= 0.3 is 5.97 Å². The Morgan fingerprint density at radius 1 is 1.58 bits per heavy atom. The van der Waals surface area contributed by atoms with Crippen molar-refractivity contribution in [3.8, 4) is 0 Å². The first kappa shape index (κ1) is 12.6. The van der Waals surface area contributed by atoms with Crippen LogP contribution in [0.2, 0.25) is 0 Å². The van der Waals surface area contributed by atoms with Crippen LogP contribution in [0.4, 0.5) is 0 Å². The maximum Gasteiger partial charge on any atom is 0.311 e. The summed E-state index contributed by atoms with van der Waals surface area (Å²) in [6.07, 6.45) is 2.56. The van der Waals surface area contributed by atoms with Crippen LogP contribution in [0.3, 0.4) is 0 Å². The third-order valence-electron chi connectivity index (χ3n) is 4.52. The molecule has 0 bridgehead atoms. The maximum absolute atomic E-state index is 12.4. The van der Waals surface area contributed by atoms with Crippen molar-refractivity contribution in [3.05, 3.63) is 16.1 Å². The molecule has 5 nitrogen and oxygen atoms in total. The summed E-state index contributed by atoms with van der Waals surface area (Å²) < 4.78 is 0. The molecule has 1 saturated heterocycles. The number of carbonyl (C=O) groups excluding carboxylic acids is 1. The van der Waals surface area contributed by atoms with Crippen molar-refractivity contribution in [2.24, 2.45) is 11.3 Å². The Kier molecular flexibility index (Phi) is 2.85. The largest absolute Gasteiger partial charge is 0.481 e. The summed E-state index contributed by atoms with van der Waals surface area (Å²) in [4.78, 5) is 30.4. The van der Waals surface area contributed by atoms with E-state index in [1.165, 1.54) is 11.3 Å². The summed E-state index contributed by atoms with van der Waals surface area (Å²) in [5, 5.41) is 9.51. The van der Waals surface area contributed by atoms with Gasteiger partial charge in [-0.05, 0) is 25.7 Å². The van der Waals surface area contributed by atoms with E-state index in [1.54, 1.807) is 10.4 Å². The summed E-state index contributed by atoms with van der Waals surface area (Å²) in [6.45, 7) is 2.74. The Bertz CT molecular complexity index is 542. The number of thiazole rings is 1. The van der Waals surface area contributed by atoms with Crippen LogP contribution in [-0.4, -0.2) is 40.0 Å². The zero-order chi connectivity index (χ0) is 13.6. The molecule has 102 valence electrons. The molecule has 6 heteroatoms. The van der Waals surface area contributed by atoms with Gasteiger partial charge < -0.3 is 10.0 Å². The number of fused-ring (bicyclic) bond motifs is 1. The van der Waals surface area contributed by atoms with E-state index in [9.17, 15) is 14.7 Å². The maximum atomic E-state index is 12.4. The second-order valence-electron chi connectivity index (χ2n) is 5.50. The highest BCUT2D eigenvalue weighted by molar-refractivity contribution is 7.11. The molecule has 0 radical (unpaired) electrons. The number of hydrogen-bond acceptors (Lipinski definition) is 4. The van der Waals surface area contributed by atoms with Gasteiger partial charge in [-0.15, -0.1) is 11.3 Å². The lowest BCUT2D eigenvalue weighted by atomic mass is 9.81. The van der Waals surface area contributed by atoms with Crippen LogP contribution < -0.4 is 0 Å². The van der Waals surface area contributed by atoms with Crippen molar-refractivity contribution in [3.63, 3.8) is 0 Å². The van der Waals surface area contributed by atoms with Gasteiger partial charge in [0.05, 0.1) is 16.6 Å². The Morgan fingerprint density at radius 3 is 2.95 bits per heavy atom. The van der Waals surface area contributed by atoms with Gasteiger partial charge in [-0.3, -0.25) is 9.59 Å². The van der Waals surface area contributed by atoms with E-state index in [0.29, 0.717) is 24.4 Å². The monoisotopic (exact) mass is 280 g/mol. The molecule has 1 saturated carbocycles. The van der Waals surface area contributed by atoms with E-state index < -0.39 is 11.4 Å². The number of carboxylic acids is 1. The average molecular weight is 280 g/mol. The molecule has 2 atom stereocenters. The quantitative estimate of drug-likeness (QED) is 0.896. The van der Waals surface area contributed by atoms with Crippen LogP contribution in [0.1, 0.15) is 34.6 Å². The van der Waals surface area contributed by atoms with Gasteiger partial charge in [0.1, 0.15) is 4.88 Å². The normalized spacial score (nSPS) is 29.5. The minimum atomic E-state index is -0.744. The minimum Gasteiger partial charge on any atom is -0.481 e. The number of nitrogens with zero attached hydrogens (tertiary/aromatic N) is 2. The summed E-state index contributed by atoms with van der Waals surface area (Å²) in [7, 11) is 0. The van der Waals surface area contributed by atoms with Crippen molar-refractivity contribution in [1.29, 1.82) is 0 Å². The molecule has 2 heterocycles. The highest BCUT2D eigenvalue weighted by Gasteiger charge is 2.55. The van der Waals surface area contributed by atoms with Gasteiger partial charge in [-0.25, -0.2) is 4.98 Å². The molecule has 0 spiro atoms. The number of aryl methyl sites for hydroxylation is 1. The lowest BCUT2D eigenvalue weighted by molar-refractivity contribution is -0.149. The van der Waals surface area contributed by atoms with Crippen molar-refractivity contribution < 1.29 is 14.7 Å². The van der Waals surface area contributed by atoms with Gasteiger partial charge in [0.25, 0.3) is 5.91 Å². The molecule has 0 aromatic carbocycles. The zero-order valence-electron chi connectivity index (χ0n) is 10.8. The van der Waals surface area contributed by atoms with E-state index in [4.69, 9.17) is 0 Å². The molecule has 0 unspecified atom stereocenters. The zero-order valence-corrected chi connectivity index (χ0v) is 11.6. The van der Waals surface area contributed by atoms with E-state index >= 15 is 0 Å². The average Bonchev–Trinajstić information content (AvgIpc) is 3.00. The van der Waals surface area contributed by atoms with Crippen LogP contribution in [0.15, 0.2) is 5.51 Å². The van der Waals surface area contributed by atoms with E-state index in [-0.39, 0.29) is 11.8 Å². The fourth-order valence-electron chi connectivity index (χ4n) is 3.44. The summed E-state index contributed by atoms with van der Waals surface area (Å²) in [5.74, 6) is -0.691. The SMILES string of the molecule is Cc1ncsc1C(=O)N1C[C@@H]2CCC[C@@]2(C(=O)O)C1. The van der Waals surface area contributed by atoms with Crippen LogP contribution >= 0.6 is 11.3 Å². The second-order valence-corrected chi connectivity index (χ2v) is 6.36. The predicted molar refractivity (Wildman–Crippen MR) is 70.2 cm³/mol. The van der Waals surface area contributed by atoms with Crippen molar-refractivity contribution in [2.75, 3.05) is 13.1 Å². The molecular weight excluding hydrogens is 264 g/mol. The van der Waals surface area contributed by atoms with Gasteiger partial charge in [0.2, 0.25) is 0 Å². The third kappa shape index (κ3) is 1.77. The molecule has 1 aliphatic heterocycles. The predicted octanol–water partition coefficient (Wildman–Crippen LogP) is 1.78. The summed E-state index contributed by atoms with van der Waals surface area (Å²) in [5.41, 5.74) is 1.69. The first-order valence-electron chi connectivity index (χ1n) is 6.47. The number of hydrogen-bond donors (Lipinski definition) is 1. The van der Waals surface area contributed by atoms with Crippen LogP contribution in [0, 0.1) is 18.3 Å². The van der Waals surface area contributed by atoms with E-state index in [2.05, 4.69) is 4.98 Å². The fourth-order valence-corrected chi connectivity index (χ4v) is 4.21. The van der Waals surface area contributed by atoms with Gasteiger partial charge in [0.15, 0.2) is 0 Å². The first-order valence-corrected chi connectivity index (χ1v) is 7.35. The molecular formula is C13H16N2O3S. The van der Waals surface area contributed by atoms with Gasteiger partial charge in [-0.1, -0.05) is 6.42 Å². The lowest BCUT2D eigenvalue weighted by Crippen LogP contribution is -2.37. The number of likely N-dealkylation sites (tertiary alicyclic amines) is 1. The molecule has 1 aromatic rings. The third-order valence-corrected chi connectivity index (χ3v) is 5.44. The molecule has 2 aliphatic rings. The number of amides is 1. The number of carboxylic acid groups (broad SMARTS) is 1. The number of rotatable bonds is 2. The van der Waals surface area contributed by atoms with Crippen LogP contribution in [0.5, 0.6) is 0 Å². The number of aromatic nitrogens is 1. The highest BCUT2D eigenvalue weighted by Crippen LogP contribution is 2.49. The smallest absolute Gasteiger partial charge is 0.311 e. The van der Waals surface area contributed by atoms with E-state index in [0.717, 1.165) is 18.5 Å². The molecule has 19 heavy (non-hydrogen) atoms. The Hall–Kier alpha value is -1.43. The second kappa shape index (κ2) is 4.30. The standard InChI is InChI=1S/C13H16N2O3S/c1-8-10(19-7-14-8)11(16)15-5-9-3-2-4-13(9,6-15)12(17)18/h7,9H,2-6H2,1H3,(H,17,18)/t9-,13+/m0/s1. The van der Waals surface area contributed by atoms with Crippen molar-refractivity contribution in [1.82, 2.24) is 9.88 Å². The van der Waals surface area contributed by atoms with Crippen LogP contribution in [-0.2, 0) is 4.79 Å². The van der Waals surface area contributed by atoms with E-state index in [1.807, 2.05) is 6.92 Å².